The average molecular weight is 318 g/mol. The van der Waals surface area contributed by atoms with Gasteiger partial charge < -0.3 is 15.0 Å². The van der Waals surface area contributed by atoms with Crippen LogP contribution < -0.4 is 15.6 Å². The summed E-state index contributed by atoms with van der Waals surface area (Å²) in [7, 11) is 5.57. The van der Waals surface area contributed by atoms with Gasteiger partial charge in [0.05, 0.1) is 18.1 Å². The van der Waals surface area contributed by atoms with Crippen LogP contribution in [-0.4, -0.2) is 51.9 Å². The van der Waals surface area contributed by atoms with Crippen molar-refractivity contribution in [3.05, 3.63) is 34.5 Å². The van der Waals surface area contributed by atoms with E-state index in [-0.39, 0.29) is 5.56 Å². The van der Waals surface area contributed by atoms with Gasteiger partial charge in [-0.05, 0) is 26.6 Å². The van der Waals surface area contributed by atoms with Gasteiger partial charge in [-0.1, -0.05) is 6.92 Å². The van der Waals surface area contributed by atoms with Crippen molar-refractivity contribution < 1.29 is 4.74 Å². The molecule has 2 aromatic heterocycles. The Balaban J connectivity index is 2.06. The Morgan fingerprint density at radius 2 is 2.09 bits per heavy atom. The number of ether oxygens (including phenoxy) is 1. The minimum Gasteiger partial charge on any atom is -0.475 e. The molecule has 0 atom stereocenters. The van der Waals surface area contributed by atoms with Gasteiger partial charge in [0.25, 0.3) is 5.56 Å². The van der Waals surface area contributed by atoms with E-state index in [2.05, 4.69) is 20.4 Å². The van der Waals surface area contributed by atoms with Crippen LogP contribution in [0.15, 0.2) is 23.3 Å². The molecular weight excluding hydrogens is 296 g/mol. The van der Waals surface area contributed by atoms with E-state index in [0.717, 1.165) is 18.7 Å². The van der Waals surface area contributed by atoms with Gasteiger partial charge in [0.2, 0.25) is 5.88 Å². The third-order valence-corrected chi connectivity index (χ3v) is 3.16. The van der Waals surface area contributed by atoms with Crippen LogP contribution in [0.5, 0.6) is 5.88 Å². The van der Waals surface area contributed by atoms with Crippen LogP contribution in [0.2, 0.25) is 0 Å². The monoisotopic (exact) mass is 318 g/mol. The lowest BCUT2D eigenvalue weighted by Crippen LogP contribution is -2.23. The van der Waals surface area contributed by atoms with Crippen molar-refractivity contribution in [2.24, 2.45) is 7.05 Å². The van der Waals surface area contributed by atoms with Gasteiger partial charge in [-0.2, -0.15) is 5.10 Å². The van der Waals surface area contributed by atoms with E-state index in [1.165, 1.54) is 17.1 Å². The second-order valence-electron chi connectivity index (χ2n) is 5.35. The Hall–Kier alpha value is -2.48. The molecule has 2 heterocycles. The molecule has 0 fully saturated rings. The largest absolute Gasteiger partial charge is 0.475 e. The molecule has 2 rings (SSSR count). The normalized spacial score (nSPS) is 10.8. The van der Waals surface area contributed by atoms with E-state index in [0.29, 0.717) is 24.0 Å². The molecule has 23 heavy (non-hydrogen) atoms. The highest BCUT2D eigenvalue weighted by Crippen LogP contribution is 2.12. The van der Waals surface area contributed by atoms with Crippen molar-refractivity contribution in [1.29, 1.82) is 0 Å². The third kappa shape index (κ3) is 4.75. The van der Waals surface area contributed by atoms with Crippen LogP contribution in [0, 0.1) is 0 Å². The number of anilines is 2. The molecule has 0 bridgehead atoms. The van der Waals surface area contributed by atoms with Crippen LogP contribution in [-0.2, 0) is 13.5 Å². The van der Waals surface area contributed by atoms with E-state index in [1.807, 2.05) is 25.9 Å². The fourth-order valence-corrected chi connectivity index (χ4v) is 1.86. The number of aryl methyl sites for hydroxylation is 2. The van der Waals surface area contributed by atoms with Crippen molar-refractivity contribution in [2.75, 3.05) is 32.6 Å². The number of hydrogen-bond acceptors (Lipinski definition) is 7. The predicted molar refractivity (Wildman–Crippen MR) is 88.2 cm³/mol. The molecule has 0 spiro atoms. The minimum atomic E-state index is -0.213. The summed E-state index contributed by atoms with van der Waals surface area (Å²) in [6.07, 6.45) is 3.81. The molecule has 0 aromatic carbocycles. The van der Waals surface area contributed by atoms with Gasteiger partial charge in [-0.15, -0.1) is 0 Å². The smallest absolute Gasteiger partial charge is 0.290 e. The van der Waals surface area contributed by atoms with Gasteiger partial charge in [0.1, 0.15) is 18.1 Å². The summed E-state index contributed by atoms with van der Waals surface area (Å²) in [5.74, 6) is 0.935. The molecule has 0 saturated heterocycles. The highest BCUT2D eigenvalue weighted by atomic mass is 16.5. The molecule has 0 radical (unpaired) electrons. The van der Waals surface area contributed by atoms with Crippen LogP contribution in [0.25, 0.3) is 0 Å². The Morgan fingerprint density at radius 1 is 1.30 bits per heavy atom. The van der Waals surface area contributed by atoms with Crippen molar-refractivity contribution in [1.82, 2.24) is 24.6 Å². The molecule has 2 aromatic rings. The number of likely N-dealkylation sites (N-methyl/N-ethyl adjacent to an activating group) is 1. The number of nitrogens with zero attached hydrogens (tertiary/aromatic N) is 5. The van der Waals surface area contributed by atoms with Gasteiger partial charge in [0, 0.05) is 13.6 Å². The lowest BCUT2D eigenvalue weighted by atomic mass is 10.3. The van der Waals surface area contributed by atoms with E-state index in [9.17, 15) is 4.79 Å². The second kappa shape index (κ2) is 7.68. The Labute approximate surface area is 135 Å². The third-order valence-electron chi connectivity index (χ3n) is 3.16. The summed E-state index contributed by atoms with van der Waals surface area (Å²) in [5, 5.41) is 7.14. The maximum absolute atomic E-state index is 12.1. The molecule has 0 aliphatic heterocycles. The standard InChI is InChI=1S/C15H22N6O2/c1-5-11-8-12(15(22)21(4)19-11)18-13-9-17-14(10-16-13)23-7-6-20(2)3/h8-10H,5-7H2,1-4H3,(H,16,18). The fraction of sp³-hybridized carbons (Fsp3) is 0.467. The zero-order chi connectivity index (χ0) is 16.8. The van der Waals surface area contributed by atoms with Crippen LogP contribution in [0.4, 0.5) is 11.5 Å². The van der Waals surface area contributed by atoms with Gasteiger partial charge in [-0.3, -0.25) is 4.79 Å². The fourth-order valence-electron chi connectivity index (χ4n) is 1.86. The topological polar surface area (TPSA) is 85.2 Å². The van der Waals surface area contributed by atoms with Crippen molar-refractivity contribution >= 4 is 11.5 Å². The molecule has 1 N–H and O–H groups in total. The maximum Gasteiger partial charge on any atom is 0.290 e. The highest BCUT2D eigenvalue weighted by Gasteiger charge is 2.07. The maximum atomic E-state index is 12.1. The van der Waals surface area contributed by atoms with E-state index in [4.69, 9.17) is 4.74 Å². The summed E-state index contributed by atoms with van der Waals surface area (Å²) in [6.45, 7) is 3.32. The molecule has 0 unspecified atom stereocenters. The minimum absolute atomic E-state index is 0.213. The van der Waals surface area contributed by atoms with Crippen LogP contribution in [0.3, 0.4) is 0 Å². The highest BCUT2D eigenvalue weighted by molar-refractivity contribution is 5.54. The number of nitrogens with one attached hydrogen (secondary N) is 1. The zero-order valence-electron chi connectivity index (χ0n) is 13.9. The van der Waals surface area contributed by atoms with E-state index in [1.54, 1.807) is 13.1 Å². The van der Waals surface area contributed by atoms with Crippen molar-refractivity contribution in [2.45, 2.75) is 13.3 Å². The number of rotatable bonds is 7. The summed E-state index contributed by atoms with van der Waals surface area (Å²) in [4.78, 5) is 22.5. The lowest BCUT2D eigenvalue weighted by Gasteiger charge is -2.11. The summed E-state index contributed by atoms with van der Waals surface area (Å²) >= 11 is 0. The molecule has 0 amide bonds. The quantitative estimate of drug-likeness (QED) is 0.809. The van der Waals surface area contributed by atoms with Crippen molar-refractivity contribution in [3.8, 4) is 5.88 Å². The molecular formula is C15H22N6O2. The average Bonchev–Trinajstić information content (AvgIpc) is 2.53. The van der Waals surface area contributed by atoms with E-state index < -0.39 is 0 Å². The number of hydrogen-bond donors (Lipinski definition) is 1. The molecule has 0 aliphatic rings. The van der Waals surface area contributed by atoms with Crippen LogP contribution in [0.1, 0.15) is 12.6 Å². The predicted octanol–water partition coefficient (Wildman–Crippen LogP) is 0.817. The Morgan fingerprint density at radius 3 is 2.70 bits per heavy atom. The van der Waals surface area contributed by atoms with Gasteiger partial charge in [0.15, 0.2) is 0 Å². The SMILES string of the molecule is CCc1cc(Nc2cnc(OCCN(C)C)cn2)c(=O)n(C)n1. The molecule has 0 aliphatic carbocycles. The molecule has 8 nitrogen and oxygen atoms in total. The van der Waals surface area contributed by atoms with Gasteiger partial charge >= 0.3 is 0 Å². The summed E-state index contributed by atoms with van der Waals surface area (Å²) in [5.41, 5.74) is 1.04. The molecule has 8 heteroatoms. The first kappa shape index (κ1) is 16.9. The van der Waals surface area contributed by atoms with Crippen molar-refractivity contribution in [3.63, 3.8) is 0 Å². The first-order chi connectivity index (χ1) is 11.0. The van der Waals surface area contributed by atoms with Crippen LogP contribution >= 0.6 is 0 Å². The molecule has 124 valence electrons. The Kier molecular flexibility index (Phi) is 5.64. The summed E-state index contributed by atoms with van der Waals surface area (Å²) in [6, 6.07) is 1.73. The van der Waals surface area contributed by atoms with E-state index >= 15 is 0 Å². The second-order valence-corrected chi connectivity index (χ2v) is 5.35. The summed E-state index contributed by atoms with van der Waals surface area (Å²) < 4.78 is 6.80. The molecule has 0 saturated carbocycles. The van der Waals surface area contributed by atoms with Gasteiger partial charge in [-0.25, -0.2) is 14.6 Å². The first-order valence-electron chi connectivity index (χ1n) is 7.43. The first-order valence-corrected chi connectivity index (χ1v) is 7.43. The lowest BCUT2D eigenvalue weighted by molar-refractivity contribution is 0.253. The number of aromatic nitrogens is 4. The Bertz CT molecular complexity index is 696. The zero-order valence-corrected chi connectivity index (χ0v) is 13.9.